The molecule has 0 aliphatic heterocycles. The van der Waals surface area contributed by atoms with Crippen LogP contribution in [-0.2, 0) is 0 Å². The summed E-state index contributed by atoms with van der Waals surface area (Å²) in [5.41, 5.74) is 0.336. The van der Waals surface area contributed by atoms with Gasteiger partial charge in [-0.1, -0.05) is 70.9 Å². The molecule has 0 amide bonds. The molecular formula is C14H8Cl2N2OS. The summed E-state index contributed by atoms with van der Waals surface area (Å²) in [7, 11) is 0. The van der Waals surface area contributed by atoms with E-state index >= 15 is 0 Å². The van der Waals surface area contributed by atoms with Gasteiger partial charge in [0.1, 0.15) is 9.36 Å². The van der Waals surface area contributed by atoms with E-state index in [0.717, 1.165) is 27.8 Å². The van der Waals surface area contributed by atoms with Gasteiger partial charge in [0.25, 0.3) is 5.56 Å². The minimum absolute atomic E-state index is 0.0415. The second-order valence-electron chi connectivity index (χ2n) is 4.06. The van der Waals surface area contributed by atoms with Crippen molar-refractivity contribution in [3.05, 3.63) is 62.2 Å². The van der Waals surface area contributed by atoms with Crippen molar-refractivity contribution in [3.8, 4) is 0 Å². The second-order valence-corrected chi connectivity index (χ2v) is 6.04. The fourth-order valence-electron chi connectivity index (χ4n) is 1.88. The third-order valence-electron chi connectivity index (χ3n) is 2.78. The van der Waals surface area contributed by atoms with E-state index in [2.05, 4.69) is 10.3 Å². The molecule has 2 aromatic carbocycles. The first-order valence-corrected chi connectivity index (χ1v) is 7.33. The molecule has 0 fully saturated rings. The van der Waals surface area contributed by atoms with Crippen LogP contribution in [0.1, 0.15) is 0 Å². The number of rotatable bonds is 2. The third-order valence-corrected chi connectivity index (χ3v) is 4.53. The van der Waals surface area contributed by atoms with E-state index in [1.165, 1.54) is 0 Å². The molecule has 3 rings (SSSR count). The molecule has 0 radical (unpaired) electrons. The summed E-state index contributed by atoms with van der Waals surface area (Å²) in [4.78, 5) is 15.4. The van der Waals surface area contributed by atoms with Gasteiger partial charge in [0.05, 0.1) is 0 Å². The molecule has 0 atom stereocenters. The van der Waals surface area contributed by atoms with Crippen LogP contribution in [0.15, 0.2) is 47.3 Å². The molecular weight excluding hydrogens is 315 g/mol. The standard InChI is InChI=1S/C14H8Cl2N2OS/c15-11-12(16)20-14(18-13(11)19)17-10-7-3-5-8-4-1-2-6-9(8)10/h1-7H,(H,17,18,19). The fraction of sp³-hybridized carbons (Fsp3) is 0. The van der Waals surface area contributed by atoms with Gasteiger partial charge < -0.3 is 5.32 Å². The van der Waals surface area contributed by atoms with Crippen molar-refractivity contribution in [2.24, 2.45) is 0 Å². The van der Waals surface area contributed by atoms with E-state index in [4.69, 9.17) is 23.2 Å². The van der Waals surface area contributed by atoms with E-state index in [1.54, 1.807) is 0 Å². The summed E-state index contributed by atoms with van der Waals surface area (Å²) in [6.07, 6.45) is 0. The number of nitrogens with zero attached hydrogens (tertiary/aromatic N) is 1. The van der Waals surface area contributed by atoms with Gasteiger partial charge in [0.2, 0.25) is 0 Å². The summed E-state index contributed by atoms with van der Waals surface area (Å²) >= 11 is 12.8. The van der Waals surface area contributed by atoms with E-state index in [9.17, 15) is 4.79 Å². The van der Waals surface area contributed by atoms with Gasteiger partial charge in [-0.05, 0) is 11.5 Å². The van der Waals surface area contributed by atoms with E-state index in [-0.39, 0.29) is 9.36 Å². The first-order valence-electron chi connectivity index (χ1n) is 5.76. The monoisotopic (exact) mass is 322 g/mol. The molecule has 1 N–H and O–H groups in total. The number of halogens is 2. The maximum atomic E-state index is 11.6. The zero-order valence-electron chi connectivity index (χ0n) is 10.1. The SMILES string of the molecule is O=c1nc(Nc2cccc3ccccc23)sc(Cl)c1Cl. The Morgan fingerprint density at radius 3 is 2.60 bits per heavy atom. The molecule has 0 spiro atoms. The number of anilines is 2. The van der Waals surface area contributed by atoms with Crippen molar-refractivity contribution in [3.63, 3.8) is 0 Å². The highest BCUT2D eigenvalue weighted by atomic mass is 35.5. The molecule has 0 saturated carbocycles. The Hall–Kier alpha value is -1.62. The quantitative estimate of drug-likeness (QED) is 0.743. The Kier molecular flexibility index (Phi) is 3.61. The lowest BCUT2D eigenvalue weighted by Crippen LogP contribution is -2.07. The summed E-state index contributed by atoms with van der Waals surface area (Å²) < 4.78 is 0.231. The third kappa shape index (κ3) is 2.50. The van der Waals surface area contributed by atoms with Crippen LogP contribution in [0.4, 0.5) is 10.8 Å². The van der Waals surface area contributed by atoms with Gasteiger partial charge in [-0.3, -0.25) is 4.79 Å². The molecule has 20 heavy (non-hydrogen) atoms. The average Bonchev–Trinajstić information content (AvgIpc) is 2.45. The van der Waals surface area contributed by atoms with Crippen LogP contribution in [0.5, 0.6) is 0 Å². The zero-order valence-corrected chi connectivity index (χ0v) is 12.4. The van der Waals surface area contributed by atoms with Crippen molar-refractivity contribution < 1.29 is 0 Å². The molecule has 1 aromatic heterocycles. The topological polar surface area (TPSA) is 42.0 Å². The van der Waals surface area contributed by atoms with Gasteiger partial charge >= 0.3 is 0 Å². The maximum absolute atomic E-state index is 11.6. The number of fused-ring (bicyclic) bond motifs is 1. The highest BCUT2D eigenvalue weighted by Gasteiger charge is 2.09. The summed E-state index contributed by atoms with van der Waals surface area (Å²) in [6, 6.07) is 13.8. The number of hydrogen-bond acceptors (Lipinski definition) is 4. The van der Waals surface area contributed by atoms with E-state index in [1.807, 2.05) is 42.5 Å². The predicted molar refractivity (Wildman–Crippen MR) is 85.6 cm³/mol. The molecule has 0 aliphatic carbocycles. The normalized spacial score (nSPS) is 10.7. The molecule has 1 heterocycles. The Morgan fingerprint density at radius 2 is 1.80 bits per heavy atom. The molecule has 100 valence electrons. The first-order chi connectivity index (χ1) is 9.65. The fourth-order valence-corrected chi connectivity index (χ4v) is 2.98. The van der Waals surface area contributed by atoms with Gasteiger partial charge in [0.15, 0.2) is 5.13 Å². The van der Waals surface area contributed by atoms with Crippen LogP contribution in [0, 0.1) is 0 Å². The lowest BCUT2D eigenvalue weighted by Gasteiger charge is -2.08. The van der Waals surface area contributed by atoms with Gasteiger partial charge in [0, 0.05) is 11.1 Å². The predicted octanol–water partition coefficient (Wildman–Crippen LogP) is 4.71. The molecule has 0 saturated heterocycles. The van der Waals surface area contributed by atoms with Gasteiger partial charge in [-0.25, -0.2) is 0 Å². The Labute approximate surface area is 128 Å². The molecule has 0 bridgehead atoms. The van der Waals surface area contributed by atoms with E-state index < -0.39 is 5.56 Å². The first kappa shape index (κ1) is 13.4. The van der Waals surface area contributed by atoms with Gasteiger partial charge in [-0.15, -0.1) is 0 Å². The Bertz CT molecular complexity index is 843. The molecule has 3 nitrogen and oxygen atoms in total. The smallest absolute Gasteiger partial charge is 0.293 e. The molecule has 6 heteroatoms. The zero-order chi connectivity index (χ0) is 14.1. The van der Waals surface area contributed by atoms with Gasteiger partial charge in [-0.2, -0.15) is 4.98 Å². The van der Waals surface area contributed by atoms with Crippen molar-refractivity contribution in [1.82, 2.24) is 4.98 Å². The Balaban J connectivity index is 2.08. The van der Waals surface area contributed by atoms with Crippen molar-refractivity contribution in [2.45, 2.75) is 0 Å². The molecule has 0 unspecified atom stereocenters. The summed E-state index contributed by atoms with van der Waals surface area (Å²) in [5.74, 6) is 0. The van der Waals surface area contributed by atoms with Crippen LogP contribution >= 0.6 is 34.5 Å². The number of nitrogens with one attached hydrogen (secondary N) is 1. The largest absolute Gasteiger partial charge is 0.331 e. The minimum Gasteiger partial charge on any atom is -0.331 e. The van der Waals surface area contributed by atoms with Crippen LogP contribution in [-0.4, -0.2) is 4.98 Å². The summed E-state index contributed by atoms with van der Waals surface area (Å²) in [6.45, 7) is 0. The lowest BCUT2D eigenvalue weighted by atomic mass is 10.1. The average molecular weight is 323 g/mol. The maximum Gasteiger partial charge on any atom is 0.293 e. The second kappa shape index (κ2) is 5.40. The lowest BCUT2D eigenvalue weighted by molar-refractivity contribution is 1.28. The minimum atomic E-state index is -0.529. The van der Waals surface area contributed by atoms with E-state index in [0.29, 0.717) is 5.13 Å². The van der Waals surface area contributed by atoms with Crippen LogP contribution in [0.3, 0.4) is 0 Å². The highest BCUT2D eigenvalue weighted by molar-refractivity contribution is 7.19. The van der Waals surface area contributed by atoms with Crippen LogP contribution < -0.4 is 10.9 Å². The molecule has 0 aliphatic rings. The number of benzene rings is 2. The van der Waals surface area contributed by atoms with Crippen molar-refractivity contribution in [1.29, 1.82) is 0 Å². The van der Waals surface area contributed by atoms with Crippen molar-refractivity contribution in [2.75, 3.05) is 5.32 Å². The molecule has 3 aromatic rings. The van der Waals surface area contributed by atoms with Crippen molar-refractivity contribution >= 4 is 56.1 Å². The number of aromatic nitrogens is 1. The Morgan fingerprint density at radius 1 is 1.05 bits per heavy atom. The van der Waals surface area contributed by atoms with Crippen LogP contribution in [0.2, 0.25) is 9.36 Å². The number of hydrogen-bond donors (Lipinski definition) is 1. The van der Waals surface area contributed by atoms with Crippen LogP contribution in [0.25, 0.3) is 10.8 Å². The highest BCUT2D eigenvalue weighted by Crippen LogP contribution is 2.30. The summed E-state index contributed by atoms with van der Waals surface area (Å²) in [5, 5.41) is 5.64.